The Balaban J connectivity index is 3.92. The Morgan fingerprint density at radius 1 is 1.40 bits per heavy atom. The first-order valence-corrected chi connectivity index (χ1v) is 6.88. The second kappa shape index (κ2) is 3.76. The maximum Gasteiger partial charge on any atom is 0.300 e. The van der Waals surface area contributed by atoms with E-state index < -0.39 is 14.0 Å². The van der Waals surface area contributed by atoms with E-state index in [4.69, 9.17) is 5.11 Å². The summed E-state index contributed by atoms with van der Waals surface area (Å²) in [4.78, 5) is 10.4. The van der Waals surface area contributed by atoms with Crippen LogP contribution < -0.4 is 0 Å². The van der Waals surface area contributed by atoms with Crippen LogP contribution in [0.3, 0.4) is 0 Å². The van der Waals surface area contributed by atoms with Gasteiger partial charge < -0.3 is 5.11 Å². The number of rotatable bonds is 4. The fraction of sp³-hybridized carbons (Fsp3) is 0.857. The van der Waals surface area contributed by atoms with Gasteiger partial charge in [0.15, 0.2) is 0 Å². The summed E-state index contributed by atoms with van der Waals surface area (Å²) >= 11 is 0. The van der Waals surface area contributed by atoms with Gasteiger partial charge in [-0.3, -0.25) is 4.79 Å². The molecule has 0 radical (unpaired) electrons. The Bertz CT molecular complexity index is 119. The standard InChI is InChI=1S/C7H16O2Si/c1-4-10(3,5-2)6-7(8)9/h4-6H2,1-3H3,(H,8,9). The van der Waals surface area contributed by atoms with Gasteiger partial charge in [0.05, 0.1) is 8.07 Å². The maximum atomic E-state index is 10.4. The summed E-state index contributed by atoms with van der Waals surface area (Å²) in [5.41, 5.74) is 0. The summed E-state index contributed by atoms with van der Waals surface area (Å²) in [6, 6.07) is 2.59. The van der Waals surface area contributed by atoms with Crippen molar-refractivity contribution < 1.29 is 9.90 Å². The van der Waals surface area contributed by atoms with Crippen LogP contribution in [0.4, 0.5) is 0 Å². The summed E-state index contributed by atoms with van der Waals surface area (Å²) < 4.78 is 0. The third-order valence-corrected chi connectivity index (χ3v) is 6.86. The summed E-state index contributed by atoms with van der Waals surface area (Å²) in [6.45, 7) is 6.35. The molecule has 0 saturated heterocycles. The molecule has 2 nitrogen and oxygen atoms in total. The molecule has 1 N–H and O–H groups in total. The Morgan fingerprint density at radius 3 is 1.90 bits per heavy atom. The van der Waals surface area contributed by atoms with Crippen LogP contribution in [-0.4, -0.2) is 19.1 Å². The van der Waals surface area contributed by atoms with Gasteiger partial charge in [-0.15, -0.1) is 0 Å². The zero-order valence-electron chi connectivity index (χ0n) is 6.98. The first-order chi connectivity index (χ1) is 4.54. The molecule has 0 aromatic rings. The highest BCUT2D eigenvalue weighted by molar-refractivity contribution is 6.80. The number of carbonyl (C=O) groups is 1. The SMILES string of the molecule is CC[Si](C)(CC)CC(=O)O. The van der Waals surface area contributed by atoms with Crippen molar-refractivity contribution in [2.75, 3.05) is 0 Å². The molecular weight excluding hydrogens is 144 g/mol. The van der Waals surface area contributed by atoms with Gasteiger partial charge in [-0.2, -0.15) is 0 Å². The Labute approximate surface area is 63.3 Å². The molecule has 3 heteroatoms. The lowest BCUT2D eigenvalue weighted by molar-refractivity contribution is -0.134. The van der Waals surface area contributed by atoms with E-state index in [0.29, 0.717) is 6.04 Å². The normalized spacial score (nSPS) is 11.5. The molecule has 0 amide bonds. The Morgan fingerprint density at radius 2 is 1.80 bits per heavy atom. The van der Waals surface area contributed by atoms with Gasteiger partial charge in [0, 0.05) is 6.04 Å². The summed E-state index contributed by atoms with van der Waals surface area (Å²) in [5, 5.41) is 8.55. The molecule has 60 valence electrons. The minimum Gasteiger partial charge on any atom is -0.481 e. The molecule has 0 bridgehead atoms. The number of aliphatic carboxylic acids is 1. The third-order valence-electron chi connectivity index (χ3n) is 2.29. The number of carboxylic acids is 1. The Kier molecular flexibility index (Phi) is 3.64. The summed E-state index contributed by atoms with van der Waals surface area (Å²) in [7, 11) is -1.36. The van der Waals surface area contributed by atoms with Crippen LogP contribution in [-0.2, 0) is 4.79 Å². The fourth-order valence-corrected chi connectivity index (χ4v) is 2.60. The van der Waals surface area contributed by atoms with E-state index in [1.165, 1.54) is 0 Å². The van der Waals surface area contributed by atoms with Gasteiger partial charge in [-0.05, 0) is 0 Å². The predicted octanol–water partition coefficient (Wildman–Crippen LogP) is 2.19. The van der Waals surface area contributed by atoms with Crippen molar-refractivity contribution in [2.45, 2.75) is 38.5 Å². The minimum atomic E-state index is -1.36. The second-order valence-corrected chi connectivity index (χ2v) is 8.48. The lowest BCUT2D eigenvalue weighted by Crippen LogP contribution is -2.30. The molecule has 0 saturated carbocycles. The van der Waals surface area contributed by atoms with Gasteiger partial charge in [-0.1, -0.05) is 32.5 Å². The van der Waals surface area contributed by atoms with Crippen molar-refractivity contribution in [3.05, 3.63) is 0 Å². The van der Waals surface area contributed by atoms with E-state index >= 15 is 0 Å². The molecule has 0 aliphatic carbocycles. The maximum absolute atomic E-state index is 10.4. The molecule has 0 fully saturated rings. The average Bonchev–Trinajstić information content (AvgIpc) is 1.87. The van der Waals surface area contributed by atoms with Gasteiger partial charge in [0.25, 0.3) is 0 Å². The molecule has 0 aromatic heterocycles. The smallest absolute Gasteiger partial charge is 0.300 e. The molecule has 0 spiro atoms. The molecule has 0 atom stereocenters. The van der Waals surface area contributed by atoms with E-state index in [2.05, 4.69) is 20.4 Å². The van der Waals surface area contributed by atoms with Crippen LogP contribution in [0.25, 0.3) is 0 Å². The van der Waals surface area contributed by atoms with Gasteiger partial charge in [0.1, 0.15) is 0 Å². The quantitative estimate of drug-likeness (QED) is 0.640. The summed E-state index contributed by atoms with van der Waals surface area (Å²) in [6.07, 6.45) is 0. The zero-order valence-corrected chi connectivity index (χ0v) is 7.98. The van der Waals surface area contributed by atoms with Crippen LogP contribution in [0.5, 0.6) is 0 Å². The van der Waals surface area contributed by atoms with Crippen LogP contribution in [0.2, 0.25) is 24.7 Å². The van der Waals surface area contributed by atoms with E-state index in [1.54, 1.807) is 0 Å². The molecular formula is C7H16O2Si. The Hall–Kier alpha value is -0.313. The van der Waals surface area contributed by atoms with E-state index in [-0.39, 0.29) is 0 Å². The van der Waals surface area contributed by atoms with Gasteiger partial charge in [0.2, 0.25) is 0 Å². The fourth-order valence-electron chi connectivity index (χ4n) is 0.865. The zero-order chi connectivity index (χ0) is 8.20. The van der Waals surface area contributed by atoms with Crippen molar-refractivity contribution in [1.82, 2.24) is 0 Å². The first kappa shape index (κ1) is 9.69. The minimum absolute atomic E-state index is 0.431. The molecule has 0 rings (SSSR count). The molecule has 0 aliphatic rings. The van der Waals surface area contributed by atoms with Crippen LogP contribution >= 0.6 is 0 Å². The largest absolute Gasteiger partial charge is 0.481 e. The van der Waals surface area contributed by atoms with Crippen molar-refractivity contribution >= 4 is 14.0 Å². The topological polar surface area (TPSA) is 37.3 Å². The number of carboxylic acid groups (broad SMARTS) is 1. The van der Waals surface area contributed by atoms with E-state index in [0.717, 1.165) is 12.1 Å². The lowest BCUT2D eigenvalue weighted by atomic mass is 10.8. The van der Waals surface area contributed by atoms with E-state index in [1.807, 2.05) is 0 Å². The highest BCUT2D eigenvalue weighted by Gasteiger charge is 2.25. The van der Waals surface area contributed by atoms with Gasteiger partial charge >= 0.3 is 5.97 Å². The molecule has 0 heterocycles. The molecule has 10 heavy (non-hydrogen) atoms. The number of hydrogen-bond donors (Lipinski definition) is 1. The highest BCUT2D eigenvalue weighted by atomic mass is 28.3. The predicted molar refractivity (Wildman–Crippen MR) is 45.0 cm³/mol. The average molecular weight is 160 g/mol. The monoisotopic (exact) mass is 160 g/mol. The number of hydrogen-bond acceptors (Lipinski definition) is 1. The van der Waals surface area contributed by atoms with Crippen LogP contribution in [0, 0.1) is 0 Å². The van der Waals surface area contributed by atoms with Crippen molar-refractivity contribution in [2.24, 2.45) is 0 Å². The molecule has 0 aliphatic heterocycles. The van der Waals surface area contributed by atoms with Crippen molar-refractivity contribution in [3.8, 4) is 0 Å². The van der Waals surface area contributed by atoms with Crippen LogP contribution in [0.15, 0.2) is 0 Å². The van der Waals surface area contributed by atoms with E-state index in [9.17, 15) is 4.79 Å². The highest BCUT2D eigenvalue weighted by Crippen LogP contribution is 2.19. The van der Waals surface area contributed by atoms with Crippen molar-refractivity contribution in [1.29, 1.82) is 0 Å². The first-order valence-electron chi connectivity index (χ1n) is 3.76. The van der Waals surface area contributed by atoms with Crippen molar-refractivity contribution in [3.63, 3.8) is 0 Å². The third kappa shape index (κ3) is 3.01. The molecule has 0 aromatic carbocycles. The molecule has 0 unspecified atom stereocenters. The van der Waals surface area contributed by atoms with Crippen LogP contribution in [0.1, 0.15) is 13.8 Å². The second-order valence-electron chi connectivity index (χ2n) is 3.09. The van der Waals surface area contributed by atoms with Gasteiger partial charge in [-0.25, -0.2) is 0 Å². The lowest BCUT2D eigenvalue weighted by Gasteiger charge is -2.20. The summed E-state index contributed by atoms with van der Waals surface area (Å²) in [5.74, 6) is -0.627.